The van der Waals surface area contributed by atoms with Gasteiger partial charge in [0.2, 0.25) is 0 Å². The molecule has 2 rings (SSSR count). The summed E-state index contributed by atoms with van der Waals surface area (Å²) in [5, 5.41) is 2.68. The van der Waals surface area contributed by atoms with Crippen molar-refractivity contribution in [3.05, 3.63) is 77.1 Å². The molecule has 0 aliphatic heterocycles. The number of rotatable bonds is 7. The Hall–Kier alpha value is -2.66. The van der Waals surface area contributed by atoms with Gasteiger partial charge in [-0.1, -0.05) is 48.6 Å². The quantitative estimate of drug-likeness (QED) is 0.763. The Morgan fingerprint density at radius 1 is 1.21 bits per heavy atom. The molecule has 0 bridgehead atoms. The van der Waals surface area contributed by atoms with Crippen molar-refractivity contribution in [1.29, 1.82) is 0 Å². The highest BCUT2D eigenvalue weighted by Gasteiger charge is 2.01. The van der Waals surface area contributed by atoms with Crippen molar-refractivity contribution in [3.8, 4) is 0 Å². The maximum atomic E-state index is 13.1. The van der Waals surface area contributed by atoms with Crippen LogP contribution >= 0.6 is 0 Å². The van der Waals surface area contributed by atoms with E-state index < -0.39 is 6.09 Å². The number of hydrogen-bond acceptors (Lipinski definition) is 3. The highest BCUT2D eigenvalue weighted by atomic mass is 19.1. The molecular formula is C19H21FN2O2. The zero-order chi connectivity index (χ0) is 17.2. The molecule has 0 aliphatic carbocycles. The van der Waals surface area contributed by atoms with Crippen LogP contribution in [0.15, 0.2) is 54.6 Å². The Morgan fingerprint density at radius 3 is 2.75 bits per heavy atom. The largest absolute Gasteiger partial charge is 0.445 e. The fourth-order valence-electron chi connectivity index (χ4n) is 2.16. The Labute approximate surface area is 141 Å². The molecule has 0 saturated carbocycles. The molecule has 0 atom stereocenters. The molecule has 126 valence electrons. The van der Waals surface area contributed by atoms with Crippen LogP contribution in [0.1, 0.15) is 23.1 Å². The molecule has 0 saturated heterocycles. The van der Waals surface area contributed by atoms with E-state index >= 15 is 0 Å². The van der Waals surface area contributed by atoms with E-state index in [9.17, 15) is 9.18 Å². The highest BCUT2D eigenvalue weighted by molar-refractivity contribution is 5.67. The van der Waals surface area contributed by atoms with Crippen molar-refractivity contribution in [3.63, 3.8) is 0 Å². The summed E-state index contributed by atoms with van der Waals surface area (Å²) in [4.78, 5) is 11.6. The van der Waals surface area contributed by atoms with E-state index in [-0.39, 0.29) is 19.0 Å². The third kappa shape index (κ3) is 5.85. The topological polar surface area (TPSA) is 64.3 Å². The van der Waals surface area contributed by atoms with E-state index in [0.29, 0.717) is 13.0 Å². The van der Waals surface area contributed by atoms with Crippen LogP contribution in [0.5, 0.6) is 0 Å². The van der Waals surface area contributed by atoms with Gasteiger partial charge in [0.05, 0.1) is 0 Å². The van der Waals surface area contributed by atoms with Gasteiger partial charge < -0.3 is 15.8 Å². The average molecular weight is 328 g/mol. The van der Waals surface area contributed by atoms with Gasteiger partial charge in [-0.05, 0) is 35.2 Å². The van der Waals surface area contributed by atoms with Crippen molar-refractivity contribution in [2.75, 3.05) is 6.54 Å². The van der Waals surface area contributed by atoms with E-state index in [1.165, 1.54) is 12.1 Å². The normalized spacial score (nSPS) is 10.8. The third-order valence-corrected chi connectivity index (χ3v) is 3.42. The molecule has 3 N–H and O–H groups in total. The standard InChI is InChI=1S/C19H21FN2O2/c20-18-10-9-16(17(12-18)13-21)8-4-5-11-22-19(23)24-14-15-6-2-1-3-7-15/h1-4,6-10,12H,5,11,13-14,21H2,(H,22,23). The molecule has 0 radical (unpaired) electrons. The maximum absolute atomic E-state index is 13.1. The van der Waals surface area contributed by atoms with Crippen molar-refractivity contribution in [2.24, 2.45) is 5.73 Å². The first kappa shape index (κ1) is 17.7. The van der Waals surface area contributed by atoms with E-state index in [1.54, 1.807) is 6.07 Å². The van der Waals surface area contributed by atoms with Crippen molar-refractivity contribution in [2.45, 2.75) is 19.6 Å². The van der Waals surface area contributed by atoms with Crippen LogP contribution in [0.25, 0.3) is 6.08 Å². The summed E-state index contributed by atoms with van der Waals surface area (Å²) in [6.07, 6.45) is 3.97. The number of amides is 1. The molecule has 1 amide bonds. The Bertz CT molecular complexity index is 687. The van der Waals surface area contributed by atoms with Gasteiger partial charge in [0, 0.05) is 13.1 Å². The van der Waals surface area contributed by atoms with Crippen LogP contribution in [-0.2, 0) is 17.9 Å². The number of hydrogen-bond donors (Lipinski definition) is 2. The smallest absolute Gasteiger partial charge is 0.407 e. The number of benzene rings is 2. The zero-order valence-corrected chi connectivity index (χ0v) is 13.4. The van der Waals surface area contributed by atoms with Crippen molar-refractivity contribution >= 4 is 12.2 Å². The van der Waals surface area contributed by atoms with Gasteiger partial charge >= 0.3 is 6.09 Å². The number of halogens is 1. The highest BCUT2D eigenvalue weighted by Crippen LogP contribution is 2.12. The van der Waals surface area contributed by atoms with Gasteiger partial charge in [-0.25, -0.2) is 9.18 Å². The molecule has 4 nitrogen and oxygen atoms in total. The summed E-state index contributed by atoms with van der Waals surface area (Å²) in [6.45, 7) is 0.989. The van der Waals surface area contributed by atoms with Crippen molar-refractivity contribution in [1.82, 2.24) is 5.32 Å². The minimum atomic E-state index is -0.448. The lowest BCUT2D eigenvalue weighted by molar-refractivity contribution is 0.140. The predicted molar refractivity (Wildman–Crippen MR) is 92.6 cm³/mol. The molecule has 0 unspecified atom stereocenters. The molecule has 0 heterocycles. The van der Waals surface area contributed by atoms with Gasteiger partial charge in [0.25, 0.3) is 0 Å². The maximum Gasteiger partial charge on any atom is 0.407 e. The van der Waals surface area contributed by atoms with Crippen LogP contribution < -0.4 is 11.1 Å². The fourth-order valence-corrected chi connectivity index (χ4v) is 2.16. The Morgan fingerprint density at radius 2 is 2.00 bits per heavy atom. The lowest BCUT2D eigenvalue weighted by Crippen LogP contribution is -2.24. The first-order valence-corrected chi connectivity index (χ1v) is 7.78. The van der Waals surface area contributed by atoms with Gasteiger partial charge in [-0.3, -0.25) is 0 Å². The van der Waals surface area contributed by atoms with Crippen LogP contribution in [-0.4, -0.2) is 12.6 Å². The molecule has 0 spiro atoms. The van der Waals surface area contributed by atoms with Gasteiger partial charge in [-0.2, -0.15) is 0 Å². The monoisotopic (exact) mass is 328 g/mol. The Balaban J connectivity index is 1.69. The summed E-state index contributed by atoms with van der Waals surface area (Å²) in [5.74, 6) is -0.296. The van der Waals surface area contributed by atoms with Gasteiger partial charge in [0.15, 0.2) is 0 Å². The Kier molecular flexibility index (Phi) is 6.98. The SMILES string of the molecule is NCc1cc(F)ccc1C=CCCNC(=O)OCc1ccccc1. The number of nitrogens with two attached hydrogens (primary N) is 1. The minimum Gasteiger partial charge on any atom is -0.445 e. The second-order valence-corrected chi connectivity index (χ2v) is 5.23. The molecule has 2 aromatic rings. The van der Waals surface area contributed by atoms with Crippen LogP contribution in [0.2, 0.25) is 0 Å². The van der Waals surface area contributed by atoms with Gasteiger partial charge in [0.1, 0.15) is 12.4 Å². The molecule has 0 aliphatic rings. The molecule has 0 aromatic heterocycles. The lowest BCUT2D eigenvalue weighted by atomic mass is 10.1. The van der Waals surface area contributed by atoms with Crippen molar-refractivity contribution < 1.29 is 13.9 Å². The third-order valence-electron chi connectivity index (χ3n) is 3.42. The molecule has 24 heavy (non-hydrogen) atoms. The second kappa shape index (κ2) is 9.47. The minimum absolute atomic E-state index is 0.248. The molecule has 5 heteroatoms. The average Bonchev–Trinajstić information content (AvgIpc) is 2.61. The van der Waals surface area contributed by atoms with Crippen LogP contribution in [0.4, 0.5) is 9.18 Å². The summed E-state index contributed by atoms with van der Waals surface area (Å²) >= 11 is 0. The summed E-state index contributed by atoms with van der Waals surface area (Å²) < 4.78 is 18.2. The van der Waals surface area contributed by atoms with E-state index in [0.717, 1.165) is 16.7 Å². The molecular weight excluding hydrogens is 307 g/mol. The van der Waals surface area contributed by atoms with Crippen LogP contribution in [0.3, 0.4) is 0 Å². The summed E-state index contributed by atoms with van der Waals surface area (Å²) in [7, 11) is 0. The fraction of sp³-hybridized carbons (Fsp3) is 0.211. The summed E-state index contributed by atoms with van der Waals surface area (Å²) in [6, 6.07) is 14.0. The number of alkyl carbamates (subject to hydrolysis) is 1. The lowest BCUT2D eigenvalue weighted by Gasteiger charge is -2.06. The first-order valence-electron chi connectivity index (χ1n) is 7.78. The van der Waals surface area contributed by atoms with E-state index in [1.807, 2.05) is 42.5 Å². The number of carbonyl (C=O) groups is 1. The number of nitrogens with one attached hydrogen (secondary N) is 1. The van der Waals surface area contributed by atoms with Crippen LogP contribution in [0, 0.1) is 5.82 Å². The molecule has 0 fully saturated rings. The zero-order valence-electron chi connectivity index (χ0n) is 13.4. The second-order valence-electron chi connectivity index (χ2n) is 5.23. The van der Waals surface area contributed by atoms with Gasteiger partial charge in [-0.15, -0.1) is 0 Å². The summed E-state index contributed by atoms with van der Waals surface area (Å²) in [5.41, 5.74) is 8.17. The molecule has 2 aromatic carbocycles. The predicted octanol–water partition coefficient (Wildman–Crippen LogP) is 3.61. The number of ether oxygens (including phenoxy) is 1. The van der Waals surface area contributed by atoms with E-state index in [4.69, 9.17) is 10.5 Å². The first-order chi connectivity index (χ1) is 11.7. The number of carbonyl (C=O) groups excluding carboxylic acids is 1. The van der Waals surface area contributed by atoms with E-state index in [2.05, 4.69) is 5.32 Å².